The Kier molecular flexibility index (Phi) is 3.67. The van der Waals surface area contributed by atoms with Gasteiger partial charge in [0.1, 0.15) is 5.69 Å². The predicted molar refractivity (Wildman–Crippen MR) is 61.5 cm³/mol. The van der Waals surface area contributed by atoms with Gasteiger partial charge in [-0.05, 0) is 0 Å². The number of nitrogens with one attached hydrogen (secondary N) is 3. The molecule has 0 atom stereocenters. The number of nitrogens with two attached hydrogens (primary N) is 3. The normalized spacial score (nSPS) is 11.2. The molecule has 0 spiro atoms. The van der Waals surface area contributed by atoms with Gasteiger partial charge in [-0.1, -0.05) is 0 Å². The minimum absolute atomic E-state index is 0.00753. The van der Waals surface area contributed by atoms with E-state index in [1.807, 2.05) is 0 Å². The van der Waals surface area contributed by atoms with E-state index in [2.05, 4.69) is 25.8 Å². The minimum Gasteiger partial charge on any atom is -0.369 e. The van der Waals surface area contributed by atoms with Crippen molar-refractivity contribution in [3.05, 3.63) is 16.0 Å². The van der Waals surface area contributed by atoms with Gasteiger partial charge in [0.25, 0.3) is 5.56 Å². The maximum atomic E-state index is 11.5. The highest BCUT2D eigenvalue weighted by atomic mass is 16.1. The molecule has 1 rings (SSSR count). The summed E-state index contributed by atoms with van der Waals surface area (Å²) in [7, 11) is 1.50. The van der Waals surface area contributed by atoms with Crippen LogP contribution in [0.5, 0.6) is 0 Å². The van der Waals surface area contributed by atoms with E-state index in [4.69, 9.17) is 17.2 Å². The van der Waals surface area contributed by atoms with E-state index in [1.54, 1.807) is 0 Å². The van der Waals surface area contributed by atoms with Gasteiger partial charge >= 0.3 is 0 Å². The summed E-state index contributed by atoms with van der Waals surface area (Å²) in [6.07, 6.45) is 0. The molecule has 0 bridgehead atoms. The quantitative estimate of drug-likeness (QED) is 0.191. The van der Waals surface area contributed by atoms with Crippen molar-refractivity contribution < 1.29 is 0 Å². The Bertz CT molecular complexity index is 450. The Labute approximate surface area is 91.1 Å². The van der Waals surface area contributed by atoms with Gasteiger partial charge in [-0.25, -0.2) is 4.98 Å². The van der Waals surface area contributed by atoms with E-state index in [0.29, 0.717) is 5.69 Å². The number of aromatic nitrogens is 2. The van der Waals surface area contributed by atoms with Crippen molar-refractivity contribution in [2.45, 2.75) is 6.54 Å². The van der Waals surface area contributed by atoms with Crippen molar-refractivity contribution in [2.75, 3.05) is 18.2 Å². The molecule has 0 saturated carbocycles. The van der Waals surface area contributed by atoms with Gasteiger partial charge in [-0.15, -0.1) is 0 Å². The number of hydrogen-bond donors (Lipinski definition) is 6. The van der Waals surface area contributed by atoms with Gasteiger partial charge in [0.05, 0.1) is 5.69 Å². The molecule has 0 aliphatic heterocycles. The number of hydrogen-bond acceptors (Lipinski definition) is 6. The first-order valence-electron chi connectivity index (χ1n) is 4.41. The van der Waals surface area contributed by atoms with Crippen LogP contribution in [0, 0.1) is 0 Å². The lowest BCUT2D eigenvalue weighted by molar-refractivity contribution is 0.940. The lowest BCUT2D eigenvalue weighted by Gasteiger charge is -2.10. The number of H-pyrrole nitrogens is 1. The van der Waals surface area contributed by atoms with Gasteiger partial charge < -0.3 is 17.2 Å². The van der Waals surface area contributed by atoms with Gasteiger partial charge in [0, 0.05) is 13.6 Å². The Morgan fingerprint density at radius 1 is 1.62 bits per heavy atom. The minimum atomic E-state index is -0.440. The smallest absolute Gasteiger partial charge is 0.277 e. The molecule has 1 aromatic heterocycles. The van der Waals surface area contributed by atoms with E-state index in [-0.39, 0.29) is 24.1 Å². The molecular weight excluding hydrogens is 212 g/mol. The number of anilines is 2. The summed E-state index contributed by atoms with van der Waals surface area (Å²) in [4.78, 5) is 21.3. The van der Waals surface area contributed by atoms with Gasteiger partial charge in [-0.2, -0.15) is 0 Å². The maximum absolute atomic E-state index is 11.5. The first-order valence-corrected chi connectivity index (χ1v) is 4.41. The second-order valence-corrected chi connectivity index (χ2v) is 2.84. The fraction of sp³-hybridized carbons (Fsp3) is 0.286. The van der Waals surface area contributed by atoms with Crippen LogP contribution in [0.25, 0.3) is 0 Å². The zero-order chi connectivity index (χ0) is 12.1. The highest BCUT2D eigenvalue weighted by Gasteiger charge is 2.08. The molecule has 0 unspecified atom stereocenters. The third kappa shape index (κ3) is 2.60. The van der Waals surface area contributed by atoms with Crippen molar-refractivity contribution in [1.82, 2.24) is 15.4 Å². The Morgan fingerprint density at radius 3 is 2.88 bits per heavy atom. The molecule has 1 heterocycles. The zero-order valence-electron chi connectivity index (χ0n) is 8.74. The average molecular weight is 226 g/mol. The molecule has 9 N–H and O–H groups in total. The molecule has 88 valence electrons. The number of guanidine groups is 1. The first-order chi connectivity index (χ1) is 7.58. The summed E-state index contributed by atoms with van der Waals surface area (Å²) in [5.74, 6) is 0.132. The molecule has 9 nitrogen and oxygen atoms in total. The standard InChI is InChI=1S/C7H14N8O/c1-11-6(9)15-14-4-3(2-8)12-7(10)13-5(4)16/h14H,2,8H2,1H3,(H3,9,11,15)(H3,10,12,13,16). The summed E-state index contributed by atoms with van der Waals surface area (Å²) in [6, 6.07) is 0. The lowest BCUT2D eigenvalue weighted by Crippen LogP contribution is -2.38. The topological polar surface area (TPSA) is 160 Å². The molecular formula is C7H14N8O. The van der Waals surface area contributed by atoms with E-state index in [1.165, 1.54) is 7.05 Å². The largest absolute Gasteiger partial charge is 0.369 e. The van der Waals surface area contributed by atoms with Crippen LogP contribution in [0.15, 0.2) is 9.79 Å². The first kappa shape index (κ1) is 11.8. The third-order valence-electron chi connectivity index (χ3n) is 1.76. The highest BCUT2D eigenvalue weighted by Crippen LogP contribution is 2.05. The lowest BCUT2D eigenvalue weighted by atomic mass is 10.3. The molecule has 0 aliphatic rings. The van der Waals surface area contributed by atoms with E-state index in [9.17, 15) is 4.79 Å². The molecule has 0 fully saturated rings. The molecule has 0 aliphatic carbocycles. The average Bonchev–Trinajstić information content (AvgIpc) is 2.26. The molecule has 0 aromatic carbocycles. The zero-order valence-corrected chi connectivity index (χ0v) is 8.74. The predicted octanol–water partition coefficient (Wildman–Crippen LogP) is -2.33. The van der Waals surface area contributed by atoms with Crippen LogP contribution >= 0.6 is 0 Å². The highest BCUT2D eigenvalue weighted by molar-refractivity contribution is 5.79. The van der Waals surface area contributed by atoms with E-state index >= 15 is 0 Å². The SMILES string of the molecule is CN=C(N)NNc1c(CN)nc(N)[nH]c1=O. The molecule has 0 saturated heterocycles. The summed E-state index contributed by atoms with van der Waals surface area (Å²) in [6.45, 7) is 0.0707. The monoisotopic (exact) mass is 226 g/mol. The summed E-state index contributed by atoms with van der Waals surface area (Å²) < 4.78 is 0. The summed E-state index contributed by atoms with van der Waals surface area (Å²) in [5.41, 5.74) is 21.3. The van der Waals surface area contributed by atoms with Crippen molar-refractivity contribution in [3.8, 4) is 0 Å². The Hall–Kier alpha value is -2.29. The number of hydrazine groups is 1. The number of nitrogens with zero attached hydrogens (tertiary/aromatic N) is 2. The molecule has 16 heavy (non-hydrogen) atoms. The van der Waals surface area contributed by atoms with E-state index < -0.39 is 5.56 Å². The van der Waals surface area contributed by atoms with Crippen LogP contribution in [0.2, 0.25) is 0 Å². The molecule has 1 aromatic rings. The third-order valence-corrected chi connectivity index (χ3v) is 1.76. The van der Waals surface area contributed by atoms with E-state index in [0.717, 1.165) is 0 Å². The van der Waals surface area contributed by atoms with Crippen LogP contribution < -0.4 is 33.6 Å². The fourth-order valence-electron chi connectivity index (χ4n) is 0.998. The number of aromatic amines is 1. The molecule has 9 heteroatoms. The number of nitrogen functional groups attached to an aromatic ring is 1. The van der Waals surface area contributed by atoms with Crippen molar-refractivity contribution in [3.63, 3.8) is 0 Å². The van der Waals surface area contributed by atoms with Crippen LogP contribution in [-0.2, 0) is 6.54 Å². The molecule has 0 amide bonds. The van der Waals surface area contributed by atoms with Gasteiger partial charge in [0.15, 0.2) is 0 Å². The fourth-order valence-corrected chi connectivity index (χ4v) is 0.998. The van der Waals surface area contributed by atoms with Crippen LogP contribution in [0.3, 0.4) is 0 Å². The number of rotatable bonds is 3. The van der Waals surface area contributed by atoms with Crippen molar-refractivity contribution in [1.29, 1.82) is 0 Å². The maximum Gasteiger partial charge on any atom is 0.277 e. The van der Waals surface area contributed by atoms with Crippen LogP contribution in [-0.4, -0.2) is 23.0 Å². The number of aliphatic imine (C=N–C) groups is 1. The van der Waals surface area contributed by atoms with Gasteiger partial charge in [-0.3, -0.25) is 25.6 Å². The van der Waals surface area contributed by atoms with Gasteiger partial charge in [0.2, 0.25) is 11.9 Å². The Balaban J connectivity index is 2.99. The second kappa shape index (κ2) is 4.98. The van der Waals surface area contributed by atoms with Crippen molar-refractivity contribution in [2.24, 2.45) is 16.5 Å². The van der Waals surface area contributed by atoms with Crippen molar-refractivity contribution >= 4 is 17.6 Å². The summed E-state index contributed by atoms with van der Waals surface area (Å²) in [5, 5.41) is 0. The Morgan fingerprint density at radius 2 is 2.31 bits per heavy atom. The van der Waals surface area contributed by atoms with Crippen LogP contribution in [0.1, 0.15) is 5.69 Å². The second-order valence-electron chi connectivity index (χ2n) is 2.84. The molecule has 0 radical (unpaired) electrons. The summed E-state index contributed by atoms with van der Waals surface area (Å²) >= 11 is 0. The van der Waals surface area contributed by atoms with Crippen LogP contribution in [0.4, 0.5) is 11.6 Å².